The first kappa shape index (κ1) is 18.6. The molecule has 0 aliphatic heterocycles. The molecule has 0 aliphatic carbocycles. The van der Waals surface area contributed by atoms with Gasteiger partial charge in [0.25, 0.3) is 0 Å². The number of hydrogen-bond acceptors (Lipinski definition) is 4. The van der Waals surface area contributed by atoms with Crippen LogP contribution in [0, 0.1) is 0 Å². The molecule has 0 radical (unpaired) electrons. The fraction of sp³-hybridized carbons (Fsp3) is 0.357. The van der Waals surface area contributed by atoms with Crippen LogP contribution >= 0.6 is 11.6 Å². The number of rotatable bonds is 5. The van der Waals surface area contributed by atoms with Crippen molar-refractivity contribution in [2.45, 2.75) is 13.3 Å². The predicted molar refractivity (Wildman–Crippen MR) is 83.4 cm³/mol. The molecule has 8 nitrogen and oxygen atoms in total. The van der Waals surface area contributed by atoms with Gasteiger partial charge in [0.2, 0.25) is 0 Å². The van der Waals surface area contributed by atoms with Crippen molar-refractivity contribution in [3.8, 4) is 0 Å². The highest BCUT2D eigenvalue weighted by atomic mass is 35.5. The quantitative estimate of drug-likeness (QED) is 0.559. The van der Waals surface area contributed by atoms with Crippen molar-refractivity contribution >= 4 is 29.7 Å². The fourth-order valence-corrected chi connectivity index (χ4v) is 2.06. The summed E-state index contributed by atoms with van der Waals surface area (Å²) in [6.45, 7) is 2.08. The number of ether oxygens (including phenoxy) is 1. The van der Waals surface area contributed by atoms with Gasteiger partial charge >= 0.3 is 18.1 Å². The van der Waals surface area contributed by atoms with E-state index >= 15 is 0 Å². The summed E-state index contributed by atoms with van der Waals surface area (Å²) in [4.78, 5) is 33.7. The van der Waals surface area contributed by atoms with Crippen LogP contribution in [0.1, 0.15) is 22.8 Å². The smallest absolute Gasteiger partial charge is 0.423 e. The first-order valence-corrected chi connectivity index (χ1v) is 7.18. The minimum atomic E-state index is -1.32. The van der Waals surface area contributed by atoms with Crippen molar-refractivity contribution in [3.05, 3.63) is 34.3 Å². The van der Waals surface area contributed by atoms with E-state index in [1.165, 1.54) is 13.2 Å². The molecule has 0 heterocycles. The number of hydrogen-bond donors (Lipinski definition) is 3. The number of halogens is 1. The fourth-order valence-electron chi connectivity index (χ4n) is 1.78. The molecule has 0 spiro atoms. The molecule has 0 unspecified atom stereocenters. The zero-order valence-corrected chi connectivity index (χ0v) is 13.5. The number of carboxylic acid groups (broad SMARTS) is 1. The molecule has 0 fully saturated rings. The number of benzene rings is 1. The minimum absolute atomic E-state index is 0.187. The highest BCUT2D eigenvalue weighted by Crippen LogP contribution is 2.18. The minimum Gasteiger partial charge on any atom is -0.465 e. The number of nitrogens with zero attached hydrogens (tertiary/aromatic N) is 1. The molecule has 0 saturated carbocycles. The van der Waals surface area contributed by atoms with E-state index in [9.17, 15) is 14.4 Å². The Labute approximate surface area is 138 Å². The molecule has 0 aromatic heterocycles. The summed E-state index contributed by atoms with van der Waals surface area (Å²) in [5.41, 5.74) is 3.06. The van der Waals surface area contributed by atoms with Crippen LogP contribution in [0.15, 0.2) is 18.2 Å². The van der Waals surface area contributed by atoms with Crippen LogP contribution < -0.4 is 10.7 Å². The average molecular weight is 344 g/mol. The molecule has 3 N–H and O–H groups in total. The lowest BCUT2D eigenvalue weighted by molar-refractivity contribution is 0.0600. The van der Waals surface area contributed by atoms with Crippen LogP contribution in [0.5, 0.6) is 0 Å². The van der Waals surface area contributed by atoms with Crippen LogP contribution in [0.4, 0.5) is 9.59 Å². The number of carbonyl (C=O) groups excluding carboxylic acids is 2. The van der Waals surface area contributed by atoms with Crippen molar-refractivity contribution in [1.29, 1.82) is 0 Å². The van der Waals surface area contributed by atoms with Crippen molar-refractivity contribution in [2.24, 2.45) is 0 Å². The Kier molecular flexibility index (Phi) is 7.14. The van der Waals surface area contributed by atoms with Crippen molar-refractivity contribution in [3.63, 3.8) is 0 Å². The molecule has 0 atom stereocenters. The van der Waals surface area contributed by atoms with E-state index in [1.807, 2.05) is 5.43 Å². The van der Waals surface area contributed by atoms with Gasteiger partial charge in [-0.05, 0) is 31.0 Å². The van der Waals surface area contributed by atoms with Gasteiger partial charge in [-0.15, -0.1) is 0 Å². The molecule has 0 saturated heterocycles. The number of hydrazine groups is 1. The molecule has 9 heteroatoms. The molecular formula is C14H18ClN3O5. The van der Waals surface area contributed by atoms with E-state index in [1.54, 1.807) is 19.1 Å². The monoisotopic (exact) mass is 343 g/mol. The molecule has 1 aromatic carbocycles. The van der Waals surface area contributed by atoms with Crippen LogP contribution in [0.3, 0.4) is 0 Å². The molecular weight excluding hydrogens is 326 g/mol. The van der Waals surface area contributed by atoms with Crippen LogP contribution in [0.25, 0.3) is 0 Å². The van der Waals surface area contributed by atoms with Gasteiger partial charge in [0.1, 0.15) is 0 Å². The lowest BCUT2D eigenvalue weighted by Crippen LogP contribution is -2.50. The maximum atomic E-state index is 11.8. The SMILES string of the molecule is CCN(NC(=O)O)C(=O)NCCc1ccc(C(=O)OC)cc1Cl. The van der Waals surface area contributed by atoms with E-state index in [-0.39, 0.29) is 13.1 Å². The Morgan fingerprint density at radius 1 is 1.35 bits per heavy atom. The van der Waals surface area contributed by atoms with Crippen molar-refractivity contribution in [1.82, 2.24) is 15.8 Å². The second-order valence-electron chi connectivity index (χ2n) is 4.44. The highest BCUT2D eigenvalue weighted by molar-refractivity contribution is 6.31. The zero-order chi connectivity index (χ0) is 17.4. The van der Waals surface area contributed by atoms with Gasteiger partial charge in [-0.3, -0.25) is 0 Å². The molecule has 1 aromatic rings. The van der Waals surface area contributed by atoms with Gasteiger partial charge in [0, 0.05) is 18.1 Å². The van der Waals surface area contributed by atoms with Gasteiger partial charge in [-0.2, -0.15) is 0 Å². The maximum Gasteiger partial charge on any atom is 0.423 e. The van der Waals surface area contributed by atoms with E-state index in [2.05, 4.69) is 10.1 Å². The van der Waals surface area contributed by atoms with E-state index < -0.39 is 18.1 Å². The largest absolute Gasteiger partial charge is 0.465 e. The summed E-state index contributed by atoms with van der Waals surface area (Å²) in [6, 6.07) is 4.19. The number of urea groups is 1. The van der Waals surface area contributed by atoms with E-state index in [0.717, 1.165) is 10.6 Å². The summed E-state index contributed by atoms with van der Waals surface area (Å²) >= 11 is 6.08. The lowest BCUT2D eigenvalue weighted by atomic mass is 10.1. The summed E-state index contributed by atoms with van der Waals surface area (Å²) in [5, 5.41) is 12.5. The molecule has 3 amide bonds. The Bertz CT molecular complexity index is 594. The van der Waals surface area contributed by atoms with Gasteiger partial charge < -0.3 is 15.2 Å². The van der Waals surface area contributed by atoms with Crippen LogP contribution in [-0.2, 0) is 11.2 Å². The molecule has 1 rings (SSSR count). The third-order valence-electron chi connectivity index (χ3n) is 2.94. The second kappa shape index (κ2) is 8.84. The summed E-state index contributed by atoms with van der Waals surface area (Å²) < 4.78 is 4.60. The number of nitrogens with one attached hydrogen (secondary N) is 2. The van der Waals surface area contributed by atoms with E-state index in [4.69, 9.17) is 16.7 Å². The topological polar surface area (TPSA) is 108 Å². The third kappa shape index (κ3) is 5.67. The third-order valence-corrected chi connectivity index (χ3v) is 3.29. The summed E-state index contributed by atoms with van der Waals surface area (Å²) in [5.74, 6) is -0.481. The van der Waals surface area contributed by atoms with E-state index in [0.29, 0.717) is 17.0 Å². The highest BCUT2D eigenvalue weighted by Gasteiger charge is 2.13. The number of carbonyl (C=O) groups is 3. The zero-order valence-electron chi connectivity index (χ0n) is 12.8. The first-order chi connectivity index (χ1) is 10.9. The van der Waals surface area contributed by atoms with Gasteiger partial charge in [0.15, 0.2) is 0 Å². The molecule has 0 bridgehead atoms. The second-order valence-corrected chi connectivity index (χ2v) is 4.85. The van der Waals surface area contributed by atoms with Crippen LogP contribution in [0.2, 0.25) is 5.02 Å². The van der Waals surface area contributed by atoms with Gasteiger partial charge in [-0.1, -0.05) is 17.7 Å². The first-order valence-electron chi connectivity index (χ1n) is 6.80. The van der Waals surface area contributed by atoms with Gasteiger partial charge in [0.05, 0.1) is 12.7 Å². The van der Waals surface area contributed by atoms with Crippen LogP contribution in [-0.4, -0.2) is 48.4 Å². The number of amides is 3. The number of methoxy groups -OCH3 is 1. The Morgan fingerprint density at radius 2 is 2.04 bits per heavy atom. The summed E-state index contributed by atoms with van der Waals surface area (Å²) in [6.07, 6.45) is -0.889. The Morgan fingerprint density at radius 3 is 2.57 bits per heavy atom. The van der Waals surface area contributed by atoms with Crippen molar-refractivity contribution in [2.75, 3.05) is 20.2 Å². The predicted octanol–water partition coefficient (Wildman–Crippen LogP) is 1.88. The molecule has 126 valence electrons. The Balaban J connectivity index is 2.57. The van der Waals surface area contributed by atoms with Crippen molar-refractivity contribution < 1.29 is 24.2 Å². The number of esters is 1. The normalized spacial score (nSPS) is 9.87. The molecule has 23 heavy (non-hydrogen) atoms. The summed E-state index contributed by atoms with van der Waals surface area (Å²) in [7, 11) is 1.28. The lowest BCUT2D eigenvalue weighted by Gasteiger charge is -2.20. The average Bonchev–Trinajstić information content (AvgIpc) is 2.52. The maximum absolute atomic E-state index is 11.8. The Hall–Kier alpha value is -2.48. The molecule has 0 aliphatic rings. The van der Waals surface area contributed by atoms with Gasteiger partial charge in [-0.25, -0.2) is 24.8 Å². The standard InChI is InChI=1S/C14H18ClN3O5/c1-3-18(17-14(21)22)13(20)16-7-6-9-4-5-10(8-11(9)15)12(19)23-2/h4-5,8,17H,3,6-7H2,1-2H3,(H,16,20)(H,21,22).